The second-order valence-corrected chi connectivity index (χ2v) is 23.0. The molecule has 3 fully saturated rings. The summed E-state index contributed by atoms with van der Waals surface area (Å²) in [5, 5.41) is 27.9. The number of aliphatic imine (C=N–C) groups is 1. The third-order valence-electron chi connectivity index (χ3n) is 16.1. The summed E-state index contributed by atoms with van der Waals surface area (Å²) >= 11 is 14.8. The van der Waals surface area contributed by atoms with Crippen molar-refractivity contribution in [2.45, 2.75) is 111 Å². The molecule has 2 aromatic carbocycles. The second-order valence-electron chi connectivity index (χ2n) is 20.9. The van der Waals surface area contributed by atoms with Crippen molar-refractivity contribution in [2.24, 2.45) is 28.8 Å². The zero-order chi connectivity index (χ0) is 52.2. The number of aromatic nitrogens is 6. The first kappa shape index (κ1) is 51.3. The van der Waals surface area contributed by atoms with Crippen LogP contribution < -0.4 is 20.7 Å². The SMILES string of the molecule is Cc1sc2c(c1C)C(c1ccc(Cl)cc1)=N[C@@H](CC(=O)NCC(=O)NCCNC(=O)[C@@]1(C)CCCC[C@H]1C(=O)N1CCc3c(Cl)ccc(OCc4nnn(C)c4C)c3[C@H]1CN1CC3(CC3)CC1=O)c1nnc(C)n1-2. The molecule has 21 heteroatoms. The van der Waals surface area contributed by atoms with E-state index in [1.54, 1.807) is 16.0 Å². The van der Waals surface area contributed by atoms with Gasteiger partial charge in [0.2, 0.25) is 29.5 Å². The number of fused-ring (bicyclic) bond motifs is 4. The van der Waals surface area contributed by atoms with Gasteiger partial charge in [0.15, 0.2) is 5.82 Å². The van der Waals surface area contributed by atoms with E-state index < -0.39 is 35.2 Å². The Labute approximate surface area is 444 Å². The Morgan fingerprint density at radius 2 is 1.69 bits per heavy atom. The highest BCUT2D eigenvalue weighted by atomic mass is 35.5. The lowest BCUT2D eigenvalue weighted by Gasteiger charge is -2.46. The highest BCUT2D eigenvalue weighted by Crippen LogP contribution is 2.54. The minimum atomic E-state index is -1.05. The molecule has 2 saturated carbocycles. The van der Waals surface area contributed by atoms with Gasteiger partial charge in [0, 0.05) is 77.8 Å². The highest BCUT2D eigenvalue weighted by molar-refractivity contribution is 7.15. The molecule has 6 heterocycles. The zero-order valence-corrected chi connectivity index (χ0v) is 45.0. The maximum atomic E-state index is 15.3. The van der Waals surface area contributed by atoms with Gasteiger partial charge in [-0.2, -0.15) is 0 Å². The van der Waals surface area contributed by atoms with Gasteiger partial charge in [-0.05, 0) is 108 Å². The average Bonchev–Trinajstić information content (AvgIpc) is 3.61. The Hall–Kier alpha value is -6.18. The van der Waals surface area contributed by atoms with Crippen LogP contribution in [0.2, 0.25) is 10.0 Å². The number of benzene rings is 2. The van der Waals surface area contributed by atoms with Gasteiger partial charge in [-0.15, -0.1) is 26.6 Å². The minimum Gasteiger partial charge on any atom is -0.487 e. The van der Waals surface area contributed by atoms with Crippen LogP contribution in [0.5, 0.6) is 5.75 Å². The molecule has 3 N–H and O–H groups in total. The predicted octanol–water partition coefficient (Wildman–Crippen LogP) is 6.54. The number of nitrogens with one attached hydrogen (secondary N) is 3. The van der Waals surface area contributed by atoms with Crippen molar-refractivity contribution in [3.05, 3.63) is 102 Å². The summed E-state index contributed by atoms with van der Waals surface area (Å²) in [5.41, 5.74) is 5.77. The number of hydrogen-bond donors (Lipinski definition) is 3. The van der Waals surface area contributed by atoms with Crippen molar-refractivity contribution in [3.8, 4) is 10.8 Å². The summed E-state index contributed by atoms with van der Waals surface area (Å²) in [6, 6.07) is 9.83. The molecule has 390 valence electrons. The Morgan fingerprint density at radius 3 is 2.42 bits per heavy atom. The second kappa shape index (κ2) is 20.5. The summed E-state index contributed by atoms with van der Waals surface area (Å²) in [6.45, 7) is 11.2. The molecular weight excluding hydrogens is 1000 g/mol. The lowest BCUT2D eigenvalue weighted by molar-refractivity contribution is -0.153. The predicted molar refractivity (Wildman–Crippen MR) is 280 cm³/mol. The van der Waals surface area contributed by atoms with Crippen LogP contribution in [0.1, 0.15) is 126 Å². The molecule has 0 radical (unpaired) electrons. The van der Waals surface area contributed by atoms with E-state index in [0.717, 1.165) is 74.8 Å². The lowest BCUT2D eigenvalue weighted by Crippen LogP contribution is -2.55. The average molecular weight is 1070 g/mol. The van der Waals surface area contributed by atoms with E-state index in [4.69, 9.17) is 32.9 Å². The third-order valence-corrected chi connectivity index (χ3v) is 17.9. The van der Waals surface area contributed by atoms with Crippen molar-refractivity contribution in [1.82, 2.24) is 55.5 Å². The van der Waals surface area contributed by atoms with Crippen LogP contribution >= 0.6 is 34.5 Å². The van der Waals surface area contributed by atoms with Gasteiger partial charge in [0.1, 0.15) is 34.9 Å². The molecule has 5 aliphatic rings. The molecule has 3 aromatic heterocycles. The molecule has 5 aromatic rings. The van der Waals surface area contributed by atoms with E-state index in [1.807, 2.05) is 78.6 Å². The number of amides is 5. The van der Waals surface area contributed by atoms with Crippen molar-refractivity contribution >= 4 is 69.8 Å². The number of carbonyl (C=O) groups excluding carboxylic acids is 5. The molecule has 10 rings (SSSR count). The molecule has 3 aliphatic heterocycles. The number of ether oxygens (including phenoxy) is 1. The van der Waals surface area contributed by atoms with E-state index in [2.05, 4.69) is 50.3 Å². The summed E-state index contributed by atoms with van der Waals surface area (Å²) in [5.74, 6) is -0.0372. The molecule has 5 amide bonds. The van der Waals surface area contributed by atoms with Gasteiger partial charge in [-0.1, -0.05) is 53.4 Å². The first-order valence-electron chi connectivity index (χ1n) is 25.5. The summed E-state index contributed by atoms with van der Waals surface area (Å²) in [6.07, 6.45) is 5.51. The van der Waals surface area contributed by atoms with Crippen LogP contribution in [0.4, 0.5) is 0 Å². The summed E-state index contributed by atoms with van der Waals surface area (Å²) in [7, 11) is 1.82. The highest BCUT2D eigenvalue weighted by Gasteiger charge is 2.54. The van der Waals surface area contributed by atoms with E-state index >= 15 is 4.79 Å². The van der Waals surface area contributed by atoms with Crippen LogP contribution in [-0.2, 0) is 44.0 Å². The van der Waals surface area contributed by atoms with E-state index in [0.29, 0.717) is 71.9 Å². The number of likely N-dealkylation sites (tertiary alicyclic amines) is 1. The molecule has 2 aliphatic carbocycles. The first-order chi connectivity index (χ1) is 35.4. The van der Waals surface area contributed by atoms with Crippen LogP contribution in [0, 0.1) is 44.4 Å². The summed E-state index contributed by atoms with van der Waals surface area (Å²) in [4.78, 5) is 80.0. The Balaban J connectivity index is 0.785. The number of aryl methyl sites for hydroxylation is 3. The van der Waals surface area contributed by atoms with Crippen molar-refractivity contribution in [1.29, 1.82) is 0 Å². The molecule has 1 saturated heterocycles. The van der Waals surface area contributed by atoms with Crippen LogP contribution in [-0.4, -0.2) is 114 Å². The molecular formula is C53H62Cl2N12O6S. The largest absolute Gasteiger partial charge is 0.487 e. The number of hydrogen-bond acceptors (Lipinski definition) is 12. The Morgan fingerprint density at radius 1 is 0.919 bits per heavy atom. The number of rotatable bonds is 15. The third kappa shape index (κ3) is 9.82. The van der Waals surface area contributed by atoms with Gasteiger partial charge in [-0.3, -0.25) is 38.2 Å². The lowest BCUT2D eigenvalue weighted by atomic mass is 9.66. The van der Waals surface area contributed by atoms with Crippen LogP contribution in [0.15, 0.2) is 41.4 Å². The number of halogens is 2. The zero-order valence-electron chi connectivity index (χ0n) is 42.6. The molecule has 1 spiro atoms. The normalized spacial score (nSPS) is 21.6. The minimum absolute atomic E-state index is 0.0139. The van der Waals surface area contributed by atoms with Gasteiger partial charge in [0.05, 0.1) is 41.7 Å². The summed E-state index contributed by atoms with van der Waals surface area (Å²) < 4.78 is 10.2. The fourth-order valence-corrected chi connectivity index (χ4v) is 13.0. The van der Waals surface area contributed by atoms with Gasteiger partial charge >= 0.3 is 0 Å². The van der Waals surface area contributed by atoms with Crippen molar-refractivity contribution < 1.29 is 28.7 Å². The van der Waals surface area contributed by atoms with E-state index in [1.165, 1.54) is 0 Å². The van der Waals surface area contributed by atoms with Gasteiger partial charge in [0.25, 0.3) is 0 Å². The molecule has 74 heavy (non-hydrogen) atoms. The topological polar surface area (TPSA) is 211 Å². The molecule has 0 unspecified atom stereocenters. The monoisotopic (exact) mass is 1060 g/mol. The Bertz CT molecular complexity index is 3090. The van der Waals surface area contributed by atoms with Gasteiger partial charge in [-0.25, -0.2) is 0 Å². The number of nitrogens with zero attached hydrogens (tertiary/aromatic N) is 9. The number of thiophene rings is 1. The molecule has 18 nitrogen and oxygen atoms in total. The standard InChI is InChI=1S/C53H62Cl2N12O6S/c1-29-31(3)74-50-45(29)47(33-10-12-34(54)13-11-33)59-38(48-62-60-32(4)67(48)50)23-42(68)58-25-43(69)56-20-21-57-51(72)52(5)17-8-7-9-36(52)49(71)66-22-16-35-37(55)14-15-41(73-27-39-30(2)64(6)63-61-39)46(35)40(66)26-65-28-53(18-19-53)24-44(65)70/h10-15,36,38,40H,7-9,16-28H2,1-6H3,(H,56,69)(H,57,72)(H,58,68)/t36-,38-,40+,52-/m0/s1. The van der Waals surface area contributed by atoms with Crippen LogP contribution in [0.25, 0.3) is 5.00 Å². The smallest absolute Gasteiger partial charge is 0.239 e. The van der Waals surface area contributed by atoms with Crippen LogP contribution in [0.3, 0.4) is 0 Å². The molecule has 4 atom stereocenters. The van der Waals surface area contributed by atoms with E-state index in [9.17, 15) is 19.2 Å². The van der Waals surface area contributed by atoms with Gasteiger partial charge < -0.3 is 30.5 Å². The van der Waals surface area contributed by atoms with E-state index in [-0.39, 0.29) is 62.3 Å². The van der Waals surface area contributed by atoms with Crippen molar-refractivity contribution in [3.63, 3.8) is 0 Å². The maximum Gasteiger partial charge on any atom is 0.239 e. The maximum absolute atomic E-state index is 15.3. The van der Waals surface area contributed by atoms with Crippen molar-refractivity contribution in [2.75, 3.05) is 39.3 Å². The number of carbonyl (C=O) groups is 5. The molecule has 0 bridgehead atoms. The Kier molecular flexibility index (Phi) is 14.2. The fraction of sp³-hybridized carbons (Fsp3) is 0.509. The fourth-order valence-electron chi connectivity index (χ4n) is 11.4. The quantitative estimate of drug-likeness (QED) is 0.0964. The first-order valence-corrected chi connectivity index (χ1v) is 27.1.